The van der Waals surface area contributed by atoms with Crippen molar-refractivity contribution in [3.63, 3.8) is 0 Å². The van der Waals surface area contributed by atoms with Crippen LogP contribution in [0.25, 0.3) is 0 Å². The van der Waals surface area contributed by atoms with Gasteiger partial charge in [0.15, 0.2) is 0 Å². The van der Waals surface area contributed by atoms with Gasteiger partial charge in [0.05, 0.1) is 0 Å². The van der Waals surface area contributed by atoms with Gasteiger partial charge < -0.3 is 15.0 Å². The van der Waals surface area contributed by atoms with E-state index < -0.39 is 0 Å². The molecular formula is C23H30N2O2. The zero-order valence-corrected chi connectivity index (χ0v) is 16.4. The van der Waals surface area contributed by atoms with E-state index >= 15 is 0 Å². The topological polar surface area (TPSA) is 41.6 Å². The first-order chi connectivity index (χ1) is 13.2. The van der Waals surface area contributed by atoms with Crippen molar-refractivity contribution in [2.24, 2.45) is 0 Å². The summed E-state index contributed by atoms with van der Waals surface area (Å²) in [5.41, 5.74) is 1.28. The van der Waals surface area contributed by atoms with Crippen LogP contribution in [0.1, 0.15) is 51.1 Å². The standard InChI is InChI=1S/C23H30N2O2/c1-3-8-22(24-19-15-16-25(17-19)23(26)4-2)18-11-13-21(14-12-18)27-20-9-6-5-7-10-20/h5-7,9-14,19,22,24H,3-4,8,15-17H2,1-2H3/t19-,22?/m0/s1. The van der Waals surface area contributed by atoms with E-state index in [1.165, 1.54) is 5.56 Å². The van der Waals surface area contributed by atoms with Crippen LogP contribution in [0.4, 0.5) is 0 Å². The highest BCUT2D eigenvalue weighted by atomic mass is 16.5. The summed E-state index contributed by atoms with van der Waals surface area (Å²) >= 11 is 0. The summed E-state index contributed by atoms with van der Waals surface area (Å²) in [6, 6.07) is 18.9. The average molecular weight is 367 g/mol. The number of nitrogens with one attached hydrogen (secondary N) is 1. The molecule has 1 saturated heterocycles. The summed E-state index contributed by atoms with van der Waals surface area (Å²) in [5, 5.41) is 3.78. The molecule has 2 aromatic carbocycles. The van der Waals surface area contributed by atoms with Crippen molar-refractivity contribution in [2.75, 3.05) is 13.1 Å². The molecule has 1 unspecified atom stereocenters. The molecular weight excluding hydrogens is 336 g/mol. The minimum atomic E-state index is 0.258. The average Bonchev–Trinajstić information content (AvgIpc) is 3.17. The molecule has 2 aromatic rings. The number of hydrogen-bond acceptors (Lipinski definition) is 3. The van der Waals surface area contributed by atoms with Crippen LogP contribution >= 0.6 is 0 Å². The number of amides is 1. The maximum absolute atomic E-state index is 11.9. The first kappa shape index (κ1) is 19.4. The van der Waals surface area contributed by atoms with Crippen LogP contribution in [0.2, 0.25) is 0 Å². The van der Waals surface area contributed by atoms with E-state index in [-0.39, 0.29) is 5.91 Å². The van der Waals surface area contributed by atoms with Gasteiger partial charge in [0, 0.05) is 31.6 Å². The molecule has 0 aliphatic carbocycles. The Labute approximate surface area is 162 Å². The van der Waals surface area contributed by atoms with E-state index in [1.807, 2.05) is 54.3 Å². The van der Waals surface area contributed by atoms with E-state index in [9.17, 15) is 4.79 Å². The van der Waals surface area contributed by atoms with Crippen LogP contribution in [-0.4, -0.2) is 29.9 Å². The van der Waals surface area contributed by atoms with Crippen molar-refractivity contribution in [3.8, 4) is 11.5 Å². The second-order valence-electron chi connectivity index (χ2n) is 7.17. The van der Waals surface area contributed by atoms with E-state index in [1.54, 1.807) is 0 Å². The first-order valence-electron chi connectivity index (χ1n) is 10.1. The third kappa shape index (κ3) is 5.33. The Morgan fingerprint density at radius 3 is 2.48 bits per heavy atom. The van der Waals surface area contributed by atoms with Crippen molar-refractivity contribution in [2.45, 2.75) is 51.6 Å². The number of rotatable bonds is 8. The van der Waals surface area contributed by atoms with E-state index in [0.29, 0.717) is 18.5 Å². The van der Waals surface area contributed by atoms with Crippen molar-refractivity contribution in [1.82, 2.24) is 10.2 Å². The summed E-state index contributed by atoms with van der Waals surface area (Å²) in [6.45, 7) is 5.83. The minimum Gasteiger partial charge on any atom is -0.457 e. The van der Waals surface area contributed by atoms with Crippen LogP contribution in [0.15, 0.2) is 54.6 Å². The van der Waals surface area contributed by atoms with Gasteiger partial charge in [0.2, 0.25) is 5.91 Å². The number of carbonyl (C=O) groups is 1. The van der Waals surface area contributed by atoms with Gasteiger partial charge >= 0.3 is 0 Å². The summed E-state index contributed by atoms with van der Waals surface area (Å²) in [4.78, 5) is 13.9. The number of benzene rings is 2. The molecule has 27 heavy (non-hydrogen) atoms. The van der Waals surface area contributed by atoms with Crippen LogP contribution in [-0.2, 0) is 4.79 Å². The van der Waals surface area contributed by atoms with Crippen LogP contribution in [0, 0.1) is 0 Å². The predicted octanol–water partition coefficient (Wildman–Crippen LogP) is 4.92. The highest BCUT2D eigenvalue weighted by Crippen LogP contribution is 2.26. The lowest BCUT2D eigenvalue weighted by Crippen LogP contribution is -2.37. The zero-order valence-electron chi connectivity index (χ0n) is 16.4. The molecule has 1 heterocycles. The molecule has 2 atom stereocenters. The second kappa shape index (κ2) is 9.56. The summed E-state index contributed by atoms with van der Waals surface area (Å²) in [5.74, 6) is 1.95. The summed E-state index contributed by atoms with van der Waals surface area (Å²) < 4.78 is 5.89. The Kier molecular flexibility index (Phi) is 6.88. The zero-order chi connectivity index (χ0) is 19.1. The van der Waals surface area contributed by atoms with Gasteiger partial charge in [0.25, 0.3) is 0 Å². The van der Waals surface area contributed by atoms with Crippen LogP contribution in [0.5, 0.6) is 11.5 Å². The van der Waals surface area contributed by atoms with Gasteiger partial charge in [-0.2, -0.15) is 0 Å². The lowest BCUT2D eigenvalue weighted by atomic mass is 10.0. The Morgan fingerprint density at radius 1 is 1.11 bits per heavy atom. The fraction of sp³-hybridized carbons (Fsp3) is 0.435. The molecule has 0 spiro atoms. The number of ether oxygens (including phenoxy) is 1. The number of carbonyl (C=O) groups excluding carboxylic acids is 1. The van der Waals surface area contributed by atoms with E-state index in [0.717, 1.165) is 43.9 Å². The molecule has 0 saturated carbocycles. The smallest absolute Gasteiger partial charge is 0.222 e. The fourth-order valence-electron chi connectivity index (χ4n) is 3.66. The second-order valence-corrected chi connectivity index (χ2v) is 7.17. The Bertz CT molecular complexity index is 715. The molecule has 1 aliphatic heterocycles. The van der Waals surface area contributed by atoms with E-state index in [4.69, 9.17) is 4.74 Å². The van der Waals surface area contributed by atoms with Gasteiger partial charge in [-0.25, -0.2) is 0 Å². The highest BCUT2D eigenvalue weighted by Gasteiger charge is 2.27. The van der Waals surface area contributed by atoms with Gasteiger partial charge in [-0.3, -0.25) is 4.79 Å². The maximum Gasteiger partial charge on any atom is 0.222 e. The third-order valence-corrected chi connectivity index (χ3v) is 5.12. The van der Waals surface area contributed by atoms with Crippen LogP contribution in [0.3, 0.4) is 0 Å². The molecule has 0 aromatic heterocycles. The molecule has 0 radical (unpaired) electrons. The Hall–Kier alpha value is -2.33. The number of nitrogens with zero attached hydrogens (tertiary/aromatic N) is 1. The SMILES string of the molecule is CCCC(N[C@H]1CCN(C(=O)CC)C1)c1ccc(Oc2ccccc2)cc1. The molecule has 144 valence electrons. The summed E-state index contributed by atoms with van der Waals surface area (Å²) in [6.07, 6.45) is 3.82. The minimum absolute atomic E-state index is 0.258. The Morgan fingerprint density at radius 2 is 1.81 bits per heavy atom. The molecule has 3 rings (SSSR count). The van der Waals surface area contributed by atoms with Crippen molar-refractivity contribution < 1.29 is 9.53 Å². The lowest BCUT2D eigenvalue weighted by Gasteiger charge is -2.24. The molecule has 1 amide bonds. The third-order valence-electron chi connectivity index (χ3n) is 5.12. The molecule has 4 heteroatoms. The quantitative estimate of drug-likeness (QED) is 0.721. The number of likely N-dealkylation sites (tertiary alicyclic amines) is 1. The van der Waals surface area contributed by atoms with Crippen molar-refractivity contribution >= 4 is 5.91 Å². The molecule has 1 fully saturated rings. The van der Waals surface area contributed by atoms with Gasteiger partial charge in [0.1, 0.15) is 11.5 Å². The molecule has 1 N–H and O–H groups in total. The summed E-state index contributed by atoms with van der Waals surface area (Å²) in [7, 11) is 0. The van der Waals surface area contributed by atoms with Crippen molar-refractivity contribution in [1.29, 1.82) is 0 Å². The van der Waals surface area contributed by atoms with Gasteiger partial charge in [-0.15, -0.1) is 0 Å². The predicted molar refractivity (Wildman–Crippen MR) is 109 cm³/mol. The maximum atomic E-state index is 11.9. The largest absolute Gasteiger partial charge is 0.457 e. The number of para-hydroxylation sites is 1. The number of hydrogen-bond donors (Lipinski definition) is 1. The fourth-order valence-corrected chi connectivity index (χ4v) is 3.66. The first-order valence-corrected chi connectivity index (χ1v) is 10.1. The van der Waals surface area contributed by atoms with E-state index in [2.05, 4.69) is 24.4 Å². The van der Waals surface area contributed by atoms with Crippen molar-refractivity contribution in [3.05, 3.63) is 60.2 Å². The molecule has 0 bridgehead atoms. The molecule has 1 aliphatic rings. The Balaban J connectivity index is 1.62. The van der Waals surface area contributed by atoms with Crippen LogP contribution < -0.4 is 10.1 Å². The van der Waals surface area contributed by atoms with Gasteiger partial charge in [-0.1, -0.05) is 50.6 Å². The monoisotopic (exact) mass is 366 g/mol. The lowest BCUT2D eigenvalue weighted by molar-refractivity contribution is -0.129. The highest BCUT2D eigenvalue weighted by molar-refractivity contribution is 5.76. The molecule has 4 nitrogen and oxygen atoms in total. The van der Waals surface area contributed by atoms with Gasteiger partial charge in [-0.05, 0) is 42.7 Å². The normalized spacial score (nSPS) is 17.7.